The van der Waals surface area contributed by atoms with Crippen LogP contribution < -0.4 is 5.32 Å². The largest absolute Gasteiger partial charge is 0.377 e. The highest BCUT2D eigenvalue weighted by atomic mass is 127. The zero-order valence-electron chi connectivity index (χ0n) is 10.2. The maximum atomic E-state index is 10.7. The Morgan fingerprint density at radius 3 is 2.95 bits per heavy atom. The van der Waals surface area contributed by atoms with Gasteiger partial charge in [-0.3, -0.25) is 10.1 Å². The van der Waals surface area contributed by atoms with Crippen molar-refractivity contribution in [3.8, 4) is 0 Å². The van der Waals surface area contributed by atoms with E-state index in [1.807, 2.05) is 11.5 Å². The smallest absolute Gasteiger partial charge is 0.270 e. The number of nitro groups is 1. The molecule has 0 amide bonds. The normalized spacial score (nSPS) is 10.4. The van der Waals surface area contributed by atoms with Crippen LogP contribution in [0.2, 0.25) is 0 Å². The van der Waals surface area contributed by atoms with E-state index in [0.29, 0.717) is 6.54 Å². The van der Waals surface area contributed by atoms with Gasteiger partial charge in [-0.25, -0.2) is 0 Å². The number of nitrogens with zero attached hydrogens (tertiary/aromatic N) is 4. The number of nitro benzene ring substituents is 1. The first-order chi connectivity index (χ1) is 9.11. The van der Waals surface area contributed by atoms with Gasteiger partial charge in [0.2, 0.25) is 0 Å². The minimum atomic E-state index is -0.403. The number of nitrogens with one attached hydrogen (secondary N) is 1. The first kappa shape index (κ1) is 13.7. The van der Waals surface area contributed by atoms with Crippen LogP contribution in [-0.2, 0) is 13.1 Å². The van der Waals surface area contributed by atoms with Crippen LogP contribution in [0.3, 0.4) is 0 Å². The van der Waals surface area contributed by atoms with Crippen LogP contribution in [0.25, 0.3) is 0 Å². The molecule has 0 aliphatic carbocycles. The molecule has 1 aromatic carbocycles. The van der Waals surface area contributed by atoms with Crippen molar-refractivity contribution in [1.29, 1.82) is 0 Å². The van der Waals surface area contributed by atoms with Gasteiger partial charge in [0.25, 0.3) is 5.69 Å². The predicted molar refractivity (Wildman–Crippen MR) is 78.8 cm³/mol. The van der Waals surface area contributed by atoms with E-state index in [0.717, 1.165) is 21.6 Å². The van der Waals surface area contributed by atoms with Crippen LogP contribution in [0.4, 0.5) is 11.4 Å². The van der Waals surface area contributed by atoms with E-state index >= 15 is 0 Å². The third-order valence-electron chi connectivity index (χ3n) is 2.64. The Hall–Kier alpha value is -1.71. The monoisotopic (exact) mass is 373 g/mol. The molecule has 0 saturated carbocycles. The van der Waals surface area contributed by atoms with Gasteiger partial charge in [-0.1, -0.05) is 0 Å². The van der Waals surface area contributed by atoms with Crippen molar-refractivity contribution in [3.05, 3.63) is 44.0 Å². The highest BCUT2D eigenvalue weighted by Crippen LogP contribution is 2.23. The number of anilines is 1. The van der Waals surface area contributed by atoms with Gasteiger partial charge in [0.05, 0.1) is 11.5 Å². The fourth-order valence-corrected chi connectivity index (χ4v) is 2.30. The maximum absolute atomic E-state index is 10.7. The molecular weight excluding hydrogens is 361 g/mol. The molecule has 0 fully saturated rings. The second-order valence-corrected chi connectivity index (χ2v) is 4.97. The van der Waals surface area contributed by atoms with Gasteiger partial charge in [0.1, 0.15) is 6.33 Å². The Morgan fingerprint density at radius 1 is 1.53 bits per heavy atom. The second-order valence-electron chi connectivity index (χ2n) is 3.81. The summed E-state index contributed by atoms with van der Waals surface area (Å²) in [4.78, 5) is 10.2. The summed E-state index contributed by atoms with van der Waals surface area (Å²) in [6, 6.07) is 4.72. The molecule has 100 valence electrons. The molecule has 0 radical (unpaired) electrons. The van der Waals surface area contributed by atoms with Crippen molar-refractivity contribution in [3.63, 3.8) is 0 Å². The van der Waals surface area contributed by atoms with Crippen molar-refractivity contribution in [2.75, 3.05) is 5.32 Å². The summed E-state index contributed by atoms with van der Waals surface area (Å²) in [6.45, 7) is 3.35. The molecule has 0 spiro atoms. The van der Waals surface area contributed by atoms with Crippen LogP contribution in [0, 0.1) is 13.7 Å². The van der Waals surface area contributed by atoms with Crippen LogP contribution >= 0.6 is 22.6 Å². The molecule has 0 atom stereocenters. The number of non-ortho nitro benzene ring substituents is 1. The Morgan fingerprint density at radius 2 is 2.32 bits per heavy atom. The molecule has 1 aromatic heterocycles. The number of halogens is 1. The molecule has 7 nitrogen and oxygen atoms in total. The highest BCUT2D eigenvalue weighted by Gasteiger charge is 2.09. The summed E-state index contributed by atoms with van der Waals surface area (Å²) in [5, 5.41) is 21.7. The van der Waals surface area contributed by atoms with Crippen LogP contribution in [-0.4, -0.2) is 19.7 Å². The molecule has 1 heterocycles. The third-order valence-corrected chi connectivity index (χ3v) is 3.53. The molecule has 2 aromatic rings. The molecular formula is C11H12IN5O2. The predicted octanol–water partition coefficient (Wildman–Crippen LogP) is 2.42. The van der Waals surface area contributed by atoms with Crippen molar-refractivity contribution in [2.24, 2.45) is 0 Å². The summed E-state index contributed by atoms with van der Waals surface area (Å²) < 4.78 is 2.74. The number of hydrogen-bond acceptors (Lipinski definition) is 5. The average Bonchev–Trinajstić information content (AvgIpc) is 2.84. The fraction of sp³-hybridized carbons (Fsp3) is 0.273. The molecule has 2 rings (SSSR count). The highest BCUT2D eigenvalue weighted by molar-refractivity contribution is 14.1. The van der Waals surface area contributed by atoms with E-state index in [-0.39, 0.29) is 5.69 Å². The Balaban J connectivity index is 2.10. The lowest BCUT2D eigenvalue weighted by Crippen LogP contribution is -2.08. The molecule has 8 heteroatoms. The first-order valence-corrected chi connectivity index (χ1v) is 6.74. The van der Waals surface area contributed by atoms with Gasteiger partial charge in [0.15, 0.2) is 5.82 Å². The lowest BCUT2D eigenvalue weighted by Gasteiger charge is -2.08. The summed E-state index contributed by atoms with van der Waals surface area (Å²) in [7, 11) is 0. The molecule has 0 aliphatic heterocycles. The summed E-state index contributed by atoms with van der Waals surface area (Å²) in [5.74, 6) is 0.830. The van der Waals surface area contributed by atoms with Gasteiger partial charge in [-0.05, 0) is 35.6 Å². The van der Waals surface area contributed by atoms with Gasteiger partial charge in [-0.2, -0.15) is 0 Å². The van der Waals surface area contributed by atoms with Crippen molar-refractivity contribution in [2.45, 2.75) is 20.0 Å². The van der Waals surface area contributed by atoms with Crippen LogP contribution in [0.15, 0.2) is 24.5 Å². The molecule has 0 unspecified atom stereocenters. The van der Waals surface area contributed by atoms with Gasteiger partial charge in [0, 0.05) is 27.9 Å². The van der Waals surface area contributed by atoms with E-state index in [9.17, 15) is 10.1 Å². The van der Waals surface area contributed by atoms with Crippen LogP contribution in [0.5, 0.6) is 0 Å². The van der Waals surface area contributed by atoms with Crippen molar-refractivity contribution < 1.29 is 4.92 Å². The van der Waals surface area contributed by atoms with Crippen molar-refractivity contribution >= 4 is 34.0 Å². The molecule has 1 N–H and O–H groups in total. The summed E-state index contributed by atoms with van der Waals surface area (Å²) in [5.41, 5.74) is 0.934. The average molecular weight is 373 g/mol. The first-order valence-electron chi connectivity index (χ1n) is 5.66. The van der Waals surface area contributed by atoms with E-state index in [2.05, 4.69) is 38.1 Å². The second kappa shape index (κ2) is 5.95. The Labute approximate surface area is 123 Å². The van der Waals surface area contributed by atoms with Gasteiger partial charge in [-0.15, -0.1) is 10.2 Å². The zero-order chi connectivity index (χ0) is 13.8. The Kier molecular flexibility index (Phi) is 4.30. The molecule has 0 aliphatic rings. The third kappa shape index (κ3) is 3.19. The molecule has 0 saturated heterocycles. The van der Waals surface area contributed by atoms with E-state index in [1.54, 1.807) is 12.4 Å². The van der Waals surface area contributed by atoms with E-state index < -0.39 is 4.92 Å². The van der Waals surface area contributed by atoms with E-state index in [1.165, 1.54) is 12.1 Å². The summed E-state index contributed by atoms with van der Waals surface area (Å²) in [6.07, 6.45) is 1.68. The van der Waals surface area contributed by atoms with Gasteiger partial charge < -0.3 is 9.88 Å². The zero-order valence-corrected chi connectivity index (χ0v) is 12.4. The molecule has 19 heavy (non-hydrogen) atoms. The maximum Gasteiger partial charge on any atom is 0.270 e. The number of aryl methyl sites for hydroxylation is 1. The van der Waals surface area contributed by atoms with Crippen molar-refractivity contribution in [1.82, 2.24) is 14.8 Å². The SMILES string of the molecule is CCn1cnnc1CNc1ccc([N+](=O)[O-])cc1I. The molecule has 0 bridgehead atoms. The number of aromatic nitrogens is 3. The van der Waals surface area contributed by atoms with Gasteiger partial charge >= 0.3 is 0 Å². The standard InChI is InChI=1S/C11H12IN5O2/c1-2-16-7-14-15-11(16)6-13-10-4-3-8(17(18)19)5-9(10)12/h3-5,7,13H,2,6H2,1H3. The number of rotatable bonds is 5. The van der Waals surface area contributed by atoms with Crippen LogP contribution in [0.1, 0.15) is 12.7 Å². The minimum absolute atomic E-state index is 0.0895. The Bertz CT molecular complexity index is 599. The quantitative estimate of drug-likeness (QED) is 0.494. The fourth-order valence-electron chi connectivity index (χ4n) is 1.62. The lowest BCUT2D eigenvalue weighted by atomic mass is 10.3. The number of hydrogen-bond donors (Lipinski definition) is 1. The topological polar surface area (TPSA) is 85.9 Å². The minimum Gasteiger partial charge on any atom is -0.377 e. The summed E-state index contributed by atoms with van der Waals surface area (Å²) >= 11 is 2.07. The lowest BCUT2D eigenvalue weighted by molar-refractivity contribution is -0.384. The number of benzene rings is 1. The van der Waals surface area contributed by atoms with E-state index in [4.69, 9.17) is 0 Å².